The Labute approximate surface area is 167 Å². The van der Waals surface area contributed by atoms with Crippen LogP contribution in [0.5, 0.6) is 0 Å². The molecular formula is C25H28N2O. The highest BCUT2D eigenvalue weighted by Crippen LogP contribution is 2.30. The molecule has 3 aromatic rings. The SMILES string of the molecule is Cc1ccc(-c2cc(C(=O)N3CC(C)CC(C)C3)c3ccccc3n2)c(C)c1. The number of likely N-dealkylation sites (tertiary alicyclic amines) is 1. The molecule has 1 aliphatic rings. The van der Waals surface area contributed by atoms with Gasteiger partial charge in [-0.25, -0.2) is 4.98 Å². The molecule has 1 aliphatic heterocycles. The molecule has 3 nitrogen and oxygen atoms in total. The Kier molecular flexibility index (Phi) is 4.92. The van der Waals surface area contributed by atoms with Crippen LogP contribution in [0.4, 0.5) is 0 Å². The van der Waals surface area contributed by atoms with Crippen LogP contribution in [0.3, 0.4) is 0 Å². The smallest absolute Gasteiger partial charge is 0.254 e. The van der Waals surface area contributed by atoms with Crippen LogP contribution in [0.2, 0.25) is 0 Å². The normalized spacial score (nSPS) is 19.8. The van der Waals surface area contributed by atoms with Gasteiger partial charge in [-0.2, -0.15) is 0 Å². The summed E-state index contributed by atoms with van der Waals surface area (Å²) in [6, 6.07) is 16.4. The summed E-state index contributed by atoms with van der Waals surface area (Å²) in [5, 5.41) is 0.937. The molecule has 2 atom stereocenters. The van der Waals surface area contributed by atoms with Crippen molar-refractivity contribution in [3.8, 4) is 11.3 Å². The molecule has 4 rings (SSSR count). The van der Waals surface area contributed by atoms with E-state index in [-0.39, 0.29) is 5.91 Å². The maximum absolute atomic E-state index is 13.5. The van der Waals surface area contributed by atoms with Crippen LogP contribution in [-0.2, 0) is 0 Å². The van der Waals surface area contributed by atoms with Crippen LogP contribution in [0.15, 0.2) is 48.5 Å². The molecule has 2 aromatic carbocycles. The second-order valence-corrected chi connectivity index (χ2v) is 8.55. The fourth-order valence-electron chi connectivity index (χ4n) is 4.59. The van der Waals surface area contributed by atoms with Crippen LogP contribution in [-0.4, -0.2) is 28.9 Å². The Hall–Kier alpha value is -2.68. The molecule has 0 radical (unpaired) electrons. The van der Waals surface area contributed by atoms with Gasteiger partial charge in [-0.1, -0.05) is 55.8 Å². The van der Waals surface area contributed by atoms with E-state index in [1.807, 2.05) is 35.2 Å². The first-order chi connectivity index (χ1) is 13.4. The minimum Gasteiger partial charge on any atom is -0.338 e. The number of carbonyl (C=O) groups is 1. The van der Waals surface area contributed by atoms with E-state index in [9.17, 15) is 4.79 Å². The van der Waals surface area contributed by atoms with E-state index in [0.29, 0.717) is 11.8 Å². The summed E-state index contributed by atoms with van der Waals surface area (Å²) in [6.07, 6.45) is 1.19. The molecule has 144 valence electrons. The number of hydrogen-bond acceptors (Lipinski definition) is 2. The number of para-hydroxylation sites is 1. The van der Waals surface area contributed by atoms with Crippen LogP contribution < -0.4 is 0 Å². The van der Waals surface area contributed by atoms with Gasteiger partial charge >= 0.3 is 0 Å². The van der Waals surface area contributed by atoms with Crippen molar-refractivity contribution in [2.24, 2.45) is 11.8 Å². The first kappa shape index (κ1) is 18.7. The molecule has 3 heteroatoms. The molecule has 1 saturated heterocycles. The lowest BCUT2D eigenvalue weighted by Crippen LogP contribution is -2.42. The van der Waals surface area contributed by atoms with Gasteiger partial charge in [0.1, 0.15) is 0 Å². The Morgan fingerprint density at radius 2 is 1.71 bits per heavy atom. The molecule has 0 spiro atoms. The van der Waals surface area contributed by atoms with E-state index >= 15 is 0 Å². The van der Waals surface area contributed by atoms with Crippen molar-refractivity contribution in [2.45, 2.75) is 34.1 Å². The van der Waals surface area contributed by atoms with Crippen molar-refractivity contribution in [1.82, 2.24) is 9.88 Å². The zero-order chi connectivity index (χ0) is 19.8. The summed E-state index contributed by atoms with van der Waals surface area (Å²) in [6.45, 7) is 10.3. The van der Waals surface area contributed by atoms with Gasteiger partial charge in [0, 0.05) is 24.0 Å². The predicted molar refractivity (Wildman–Crippen MR) is 116 cm³/mol. The van der Waals surface area contributed by atoms with Gasteiger partial charge in [0.25, 0.3) is 5.91 Å². The molecule has 2 unspecified atom stereocenters. The Balaban J connectivity index is 1.84. The molecule has 0 bridgehead atoms. The van der Waals surface area contributed by atoms with E-state index in [1.165, 1.54) is 17.5 Å². The van der Waals surface area contributed by atoms with E-state index in [2.05, 4.69) is 45.9 Å². The summed E-state index contributed by atoms with van der Waals surface area (Å²) in [4.78, 5) is 20.4. The molecule has 0 saturated carbocycles. The Morgan fingerprint density at radius 3 is 2.43 bits per heavy atom. The lowest BCUT2D eigenvalue weighted by atomic mass is 9.91. The van der Waals surface area contributed by atoms with Crippen LogP contribution in [0.1, 0.15) is 41.8 Å². The minimum absolute atomic E-state index is 0.128. The van der Waals surface area contributed by atoms with Gasteiger partial charge in [0.2, 0.25) is 0 Å². The largest absolute Gasteiger partial charge is 0.338 e. The fourth-order valence-corrected chi connectivity index (χ4v) is 4.59. The van der Waals surface area contributed by atoms with Gasteiger partial charge < -0.3 is 4.90 Å². The minimum atomic E-state index is 0.128. The highest BCUT2D eigenvalue weighted by Gasteiger charge is 2.27. The molecule has 0 N–H and O–H groups in total. The third kappa shape index (κ3) is 3.54. The van der Waals surface area contributed by atoms with Gasteiger partial charge in [0.15, 0.2) is 0 Å². The number of hydrogen-bond donors (Lipinski definition) is 0. The average Bonchev–Trinajstić information content (AvgIpc) is 2.66. The molecule has 2 heterocycles. The first-order valence-electron chi connectivity index (χ1n) is 10.2. The fraction of sp³-hybridized carbons (Fsp3) is 0.360. The summed E-state index contributed by atoms with van der Waals surface area (Å²) < 4.78 is 0. The summed E-state index contributed by atoms with van der Waals surface area (Å²) in [5.41, 5.74) is 6.02. The summed E-state index contributed by atoms with van der Waals surface area (Å²) >= 11 is 0. The number of benzene rings is 2. The predicted octanol–water partition coefficient (Wildman–Crippen LogP) is 5.64. The highest BCUT2D eigenvalue weighted by atomic mass is 16.2. The lowest BCUT2D eigenvalue weighted by Gasteiger charge is -2.35. The van der Waals surface area contributed by atoms with E-state index < -0.39 is 0 Å². The molecule has 1 aromatic heterocycles. The maximum atomic E-state index is 13.5. The number of aryl methyl sites for hydroxylation is 2. The average molecular weight is 373 g/mol. The second kappa shape index (κ2) is 7.38. The number of pyridine rings is 1. The number of rotatable bonds is 2. The van der Waals surface area contributed by atoms with E-state index in [4.69, 9.17) is 4.98 Å². The number of piperidine rings is 1. The number of nitrogens with zero attached hydrogens (tertiary/aromatic N) is 2. The highest BCUT2D eigenvalue weighted by molar-refractivity contribution is 6.07. The van der Waals surface area contributed by atoms with Crippen molar-refractivity contribution in [1.29, 1.82) is 0 Å². The third-order valence-electron chi connectivity index (χ3n) is 5.76. The lowest BCUT2D eigenvalue weighted by molar-refractivity contribution is 0.0625. The van der Waals surface area contributed by atoms with Crippen molar-refractivity contribution >= 4 is 16.8 Å². The van der Waals surface area contributed by atoms with Gasteiger partial charge in [-0.3, -0.25) is 4.79 Å². The van der Waals surface area contributed by atoms with Crippen LogP contribution in [0.25, 0.3) is 22.2 Å². The van der Waals surface area contributed by atoms with Crippen molar-refractivity contribution in [3.05, 3.63) is 65.2 Å². The van der Waals surface area contributed by atoms with Crippen molar-refractivity contribution in [2.75, 3.05) is 13.1 Å². The third-order valence-corrected chi connectivity index (χ3v) is 5.76. The Bertz CT molecular complexity index is 1030. The van der Waals surface area contributed by atoms with Crippen LogP contribution >= 0.6 is 0 Å². The maximum Gasteiger partial charge on any atom is 0.254 e. The molecule has 1 fully saturated rings. The van der Waals surface area contributed by atoms with Gasteiger partial charge in [0.05, 0.1) is 16.8 Å². The number of carbonyl (C=O) groups excluding carboxylic acids is 1. The molecule has 1 amide bonds. The number of amides is 1. The zero-order valence-corrected chi connectivity index (χ0v) is 17.2. The zero-order valence-electron chi connectivity index (χ0n) is 17.2. The first-order valence-corrected chi connectivity index (χ1v) is 10.2. The number of aromatic nitrogens is 1. The standard InChI is InChI=1S/C25H28N2O/c1-16-9-10-20(19(4)12-16)24-13-22(21-7-5-6-8-23(21)26-24)25(28)27-14-17(2)11-18(3)15-27/h5-10,12-13,17-18H,11,14-15H2,1-4H3. The van der Waals surface area contributed by atoms with Gasteiger partial charge in [-0.05, 0) is 49.8 Å². The van der Waals surface area contributed by atoms with Crippen molar-refractivity contribution in [3.63, 3.8) is 0 Å². The van der Waals surface area contributed by atoms with Crippen molar-refractivity contribution < 1.29 is 4.79 Å². The molecule has 0 aliphatic carbocycles. The van der Waals surface area contributed by atoms with Crippen LogP contribution in [0, 0.1) is 25.7 Å². The number of fused-ring (bicyclic) bond motifs is 1. The molecular weight excluding hydrogens is 344 g/mol. The second-order valence-electron chi connectivity index (χ2n) is 8.55. The molecule has 28 heavy (non-hydrogen) atoms. The monoisotopic (exact) mass is 372 g/mol. The summed E-state index contributed by atoms with van der Waals surface area (Å²) in [7, 11) is 0. The van der Waals surface area contributed by atoms with E-state index in [0.717, 1.165) is 40.8 Å². The van der Waals surface area contributed by atoms with E-state index in [1.54, 1.807) is 0 Å². The summed E-state index contributed by atoms with van der Waals surface area (Å²) in [5.74, 6) is 1.21. The topological polar surface area (TPSA) is 33.2 Å². The quantitative estimate of drug-likeness (QED) is 0.583. The van der Waals surface area contributed by atoms with Gasteiger partial charge in [-0.15, -0.1) is 0 Å². The Morgan fingerprint density at radius 1 is 1.00 bits per heavy atom.